The Kier molecular flexibility index (Phi) is 2.71. The first-order chi connectivity index (χ1) is 3.18. The third kappa shape index (κ3) is 2.42. The largest absolute Gasteiger partial charge is 0.560 e. The summed E-state index contributed by atoms with van der Waals surface area (Å²) in [5.41, 5.74) is 0. The summed E-state index contributed by atoms with van der Waals surface area (Å²) in [5, 5.41) is 16.9. The van der Waals surface area contributed by atoms with E-state index in [-0.39, 0.29) is 0 Å². The number of quaternary nitrogens is 2. The van der Waals surface area contributed by atoms with Gasteiger partial charge in [0.1, 0.15) is 0 Å². The van der Waals surface area contributed by atoms with Crippen molar-refractivity contribution in [3.63, 3.8) is 0 Å². The SMILES string of the molecule is NO[NH+]([O-])[NH+](N)[O-]. The summed E-state index contributed by atoms with van der Waals surface area (Å²) in [6.07, 6.45) is 0. The minimum absolute atomic E-state index is 1.19. The Hall–Kier alpha value is -0.280. The van der Waals surface area contributed by atoms with Crippen LogP contribution in [0.4, 0.5) is 0 Å². The summed E-state index contributed by atoms with van der Waals surface area (Å²) in [7, 11) is 0. The highest BCUT2D eigenvalue weighted by atomic mass is 17.0. The smallest absolute Gasteiger partial charge is 0.0374 e. The Balaban J connectivity index is 3.14. The number of nitrogens with two attached hydrogens (primary N) is 2. The molecular formula is H6N4O3. The van der Waals surface area contributed by atoms with Gasteiger partial charge in [-0.2, -0.15) is 5.90 Å². The van der Waals surface area contributed by atoms with E-state index in [0.29, 0.717) is 0 Å². The van der Waals surface area contributed by atoms with Gasteiger partial charge >= 0.3 is 0 Å². The normalized spacial score (nSPS) is 18.9. The second-order valence-corrected chi connectivity index (χ2v) is 0.770. The van der Waals surface area contributed by atoms with Crippen molar-refractivity contribution < 1.29 is 15.6 Å². The molecule has 7 heavy (non-hydrogen) atoms. The molecule has 0 heterocycles. The molecule has 0 bridgehead atoms. The summed E-state index contributed by atoms with van der Waals surface area (Å²) in [6, 6.07) is 0. The minimum atomic E-state index is -1.24. The van der Waals surface area contributed by atoms with Crippen molar-refractivity contribution in [1.29, 1.82) is 0 Å². The van der Waals surface area contributed by atoms with Crippen molar-refractivity contribution in [3.8, 4) is 0 Å². The Morgan fingerprint density at radius 1 is 1.43 bits per heavy atom. The fraction of sp³-hybridized carbons (Fsp3) is 0. The van der Waals surface area contributed by atoms with Gasteiger partial charge in [-0.05, 0) is 5.34 Å². The highest BCUT2D eigenvalue weighted by molar-refractivity contribution is 3.82. The maximum atomic E-state index is 9.69. The predicted octanol–water partition coefficient (Wildman–Crippen LogP) is -4.65. The van der Waals surface area contributed by atoms with Crippen LogP contribution in [-0.4, -0.2) is 0 Å². The summed E-state index contributed by atoms with van der Waals surface area (Å²) in [6.45, 7) is 0. The lowest BCUT2D eigenvalue weighted by Crippen LogP contribution is -3.58. The van der Waals surface area contributed by atoms with Crippen molar-refractivity contribution >= 4 is 0 Å². The van der Waals surface area contributed by atoms with Crippen LogP contribution in [0.25, 0.3) is 0 Å². The first-order valence-corrected chi connectivity index (χ1v) is 1.39. The van der Waals surface area contributed by atoms with Crippen LogP contribution in [0.3, 0.4) is 0 Å². The van der Waals surface area contributed by atoms with Crippen LogP contribution in [0.15, 0.2) is 0 Å². The van der Waals surface area contributed by atoms with E-state index < -0.39 is 10.6 Å². The molecule has 0 aromatic heterocycles. The van der Waals surface area contributed by atoms with Gasteiger partial charge in [0.2, 0.25) is 0 Å². The zero-order valence-electron chi connectivity index (χ0n) is 3.38. The molecule has 0 saturated heterocycles. The maximum Gasteiger partial charge on any atom is -0.0374 e. The Bertz CT molecular complexity index is 44.2. The second kappa shape index (κ2) is 2.82. The Morgan fingerprint density at radius 3 is 1.86 bits per heavy atom. The Morgan fingerprint density at radius 2 is 1.86 bits per heavy atom. The van der Waals surface area contributed by atoms with Crippen LogP contribution in [0.2, 0.25) is 0 Å². The van der Waals surface area contributed by atoms with Gasteiger partial charge < -0.3 is 10.4 Å². The van der Waals surface area contributed by atoms with E-state index in [1.54, 1.807) is 0 Å². The van der Waals surface area contributed by atoms with Gasteiger partial charge in [-0.1, -0.05) is 4.94 Å². The predicted molar refractivity (Wildman–Crippen MR) is 18.1 cm³/mol. The molecule has 0 aliphatic carbocycles. The lowest BCUT2D eigenvalue weighted by Gasteiger charge is -2.21. The van der Waals surface area contributed by atoms with E-state index >= 15 is 0 Å². The van der Waals surface area contributed by atoms with E-state index in [1.807, 2.05) is 0 Å². The van der Waals surface area contributed by atoms with Gasteiger partial charge in [-0.3, -0.25) is 0 Å². The van der Waals surface area contributed by atoms with Crippen LogP contribution in [0.1, 0.15) is 0 Å². The zero-order valence-corrected chi connectivity index (χ0v) is 3.38. The zero-order chi connectivity index (χ0) is 5.86. The van der Waals surface area contributed by atoms with E-state index in [2.05, 4.69) is 16.7 Å². The molecule has 0 aromatic carbocycles. The standard InChI is InChI=1S/H6N4O3/c1-3(5)4(6)7-2/h3-4H,1-2H2. The van der Waals surface area contributed by atoms with Crippen molar-refractivity contribution in [2.24, 2.45) is 11.7 Å². The van der Waals surface area contributed by atoms with Gasteiger partial charge in [-0.15, -0.1) is 11.1 Å². The third-order valence-electron chi connectivity index (χ3n) is 0.308. The molecule has 7 nitrogen and oxygen atoms in total. The highest BCUT2D eigenvalue weighted by Gasteiger charge is 1.92. The molecule has 0 aliphatic rings. The average Bonchev–Trinajstić information content (AvgIpc) is 1.65. The van der Waals surface area contributed by atoms with Gasteiger partial charge in [0, 0.05) is 0 Å². The van der Waals surface area contributed by atoms with Crippen LogP contribution < -0.4 is 22.4 Å². The summed E-state index contributed by atoms with van der Waals surface area (Å²) in [5.74, 6) is 8.58. The quantitative estimate of drug-likeness (QED) is 0.210. The summed E-state index contributed by atoms with van der Waals surface area (Å²) < 4.78 is 0. The number of hydrogen-bond donors (Lipinski definition) is 4. The molecule has 2 unspecified atom stereocenters. The van der Waals surface area contributed by atoms with E-state index in [4.69, 9.17) is 0 Å². The number of rotatable bonds is 2. The molecule has 44 valence electrons. The van der Waals surface area contributed by atoms with Crippen molar-refractivity contribution in [1.82, 2.24) is 0 Å². The number of nitrogens with one attached hydrogen (secondary N) is 2. The van der Waals surface area contributed by atoms with Crippen LogP contribution >= 0.6 is 0 Å². The molecule has 0 radical (unpaired) electrons. The third-order valence-corrected chi connectivity index (χ3v) is 0.308. The molecule has 7 heteroatoms. The molecule has 0 aromatic rings. The molecule has 0 aliphatic heterocycles. The van der Waals surface area contributed by atoms with Crippen LogP contribution in [0.5, 0.6) is 0 Å². The van der Waals surface area contributed by atoms with E-state index in [1.165, 1.54) is 0 Å². The van der Waals surface area contributed by atoms with Gasteiger partial charge in [0.15, 0.2) is 0 Å². The molecule has 0 fully saturated rings. The van der Waals surface area contributed by atoms with Crippen LogP contribution in [0, 0.1) is 10.4 Å². The highest BCUT2D eigenvalue weighted by Crippen LogP contribution is 1.09. The first-order valence-electron chi connectivity index (χ1n) is 1.39. The summed E-state index contributed by atoms with van der Waals surface area (Å²) in [4.78, 5) is 3.40. The molecular weight excluding hydrogens is 104 g/mol. The monoisotopic (exact) mass is 110 g/mol. The molecule has 0 spiro atoms. The van der Waals surface area contributed by atoms with Gasteiger partial charge in [0.05, 0.1) is 0 Å². The van der Waals surface area contributed by atoms with Gasteiger partial charge in [0.25, 0.3) is 0 Å². The topological polar surface area (TPSA) is 116 Å². The van der Waals surface area contributed by atoms with Crippen molar-refractivity contribution in [2.45, 2.75) is 0 Å². The maximum absolute atomic E-state index is 9.69. The second-order valence-electron chi connectivity index (χ2n) is 0.770. The molecule has 0 amide bonds. The van der Waals surface area contributed by atoms with E-state index in [0.717, 1.165) is 0 Å². The lowest BCUT2D eigenvalue weighted by molar-refractivity contribution is -1.55. The lowest BCUT2D eigenvalue weighted by atomic mass is 12.3. The Labute approximate surface area is 39.0 Å². The van der Waals surface area contributed by atoms with E-state index in [9.17, 15) is 10.4 Å². The summed E-state index contributed by atoms with van der Waals surface area (Å²) >= 11 is 0. The fourth-order valence-corrected chi connectivity index (χ4v) is 0.0581. The molecule has 0 saturated carbocycles. The van der Waals surface area contributed by atoms with Crippen molar-refractivity contribution in [3.05, 3.63) is 10.4 Å². The first kappa shape index (κ1) is 6.72. The minimum Gasteiger partial charge on any atom is -0.560 e. The van der Waals surface area contributed by atoms with Gasteiger partial charge in [-0.25, -0.2) is 0 Å². The molecule has 2 atom stereocenters. The number of hydrogen-bond acceptors (Lipinski definition) is 5. The average molecular weight is 110 g/mol. The fourth-order valence-electron chi connectivity index (χ4n) is 0.0581. The van der Waals surface area contributed by atoms with Crippen molar-refractivity contribution in [2.75, 3.05) is 0 Å². The molecule has 0 rings (SSSR count). The van der Waals surface area contributed by atoms with Crippen LogP contribution in [-0.2, 0) is 4.94 Å². The molecule has 6 N–H and O–H groups in total.